The summed E-state index contributed by atoms with van der Waals surface area (Å²) in [6.45, 7) is 3.66. The van der Waals surface area contributed by atoms with Crippen molar-refractivity contribution in [3.8, 4) is 23.0 Å². The minimum absolute atomic E-state index is 0.192. The number of anilines is 1. The smallest absolute Gasteiger partial charge is 0.277 e. The van der Waals surface area contributed by atoms with Gasteiger partial charge in [-0.05, 0) is 43.7 Å². The fourth-order valence-electron chi connectivity index (χ4n) is 2.51. The molecule has 9 heteroatoms. The van der Waals surface area contributed by atoms with E-state index in [9.17, 15) is 4.79 Å². The maximum absolute atomic E-state index is 12.5. The summed E-state index contributed by atoms with van der Waals surface area (Å²) in [6.07, 6.45) is 0. The molecule has 1 amide bonds. The summed E-state index contributed by atoms with van der Waals surface area (Å²) in [5.74, 6) is 1.31. The molecule has 0 aliphatic rings. The zero-order valence-corrected chi connectivity index (χ0v) is 17.9. The van der Waals surface area contributed by atoms with E-state index in [2.05, 4.69) is 15.5 Å². The van der Waals surface area contributed by atoms with E-state index >= 15 is 0 Å². The van der Waals surface area contributed by atoms with Crippen LogP contribution in [0, 0.1) is 6.92 Å². The molecule has 0 radical (unpaired) electrons. The molecule has 7 nitrogen and oxygen atoms in total. The topological polar surface area (TPSA) is 86.5 Å². The van der Waals surface area contributed by atoms with Gasteiger partial charge in [0.2, 0.25) is 5.91 Å². The Labute approximate surface area is 177 Å². The van der Waals surface area contributed by atoms with Crippen molar-refractivity contribution in [2.45, 2.75) is 24.3 Å². The van der Waals surface area contributed by atoms with E-state index in [1.165, 1.54) is 11.8 Å². The quantitative estimate of drug-likeness (QED) is 0.533. The van der Waals surface area contributed by atoms with Crippen LogP contribution in [0.1, 0.15) is 12.5 Å². The van der Waals surface area contributed by atoms with E-state index in [1.54, 1.807) is 51.5 Å². The van der Waals surface area contributed by atoms with Gasteiger partial charge in [0.15, 0.2) is 0 Å². The number of hydrogen-bond acceptors (Lipinski definition) is 7. The van der Waals surface area contributed by atoms with Crippen LogP contribution in [-0.2, 0) is 4.79 Å². The molecular formula is C20H20ClN3O4S. The molecule has 29 heavy (non-hydrogen) atoms. The average Bonchev–Trinajstić information content (AvgIpc) is 3.18. The highest BCUT2D eigenvalue weighted by atomic mass is 35.5. The van der Waals surface area contributed by atoms with Gasteiger partial charge in [-0.2, -0.15) is 0 Å². The maximum Gasteiger partial charge on any atom is 0.277 e. The first kappa shape index (κ1) is 21.0. The van der Waals surface area contributed by atoms with E-state index in [4.69, 9.17) is 25.5 Å². The number of ether oxygens (including phenoxy) is 2. The Bertz CT molecular complexity index is 1020. The lowest BCUT2D eigenvalue weighted by molar-refractivity contribution is -0.115. The van der Waals surface area contributed by atoms with Gasteiger partial charge >= 0.3 is 0 Å². The number of aryl methyl sites for hydroxylation is 1. The summed E-state index contributed by atoms with van der Waals surface area (Å²) in [5, 5.41) is 11.3. The highest BCUT2D eigenvalue weighted by Crippen LogP contribution is 2.34. The Morgan fingerprint density at radius 1 is 1.17 bits per heavy atom. The molecular weight excluding hydrogens is 414 g/mol. The van der Waals surface area contributed by atoms with Crippen molar-refractivity contribution < 1.29 is 18.7 Å². The van der Waals surface area contributed by atoms with Gasteiger partial charge in [0.25, 0.3) is 11.1 Å². The van der Waals surface area contributed by atoms with Gasteiger partial charge in [-0.15, -0.1) is 10.2 Å². The largest absolute Gasteiger partial charge is 0.497 e. The zero-order valence-electron chi connectivity index (χ0n) is 16.4. The van der Waals surface area contributed by atoms with Crippen molar-refractivity contribution in [1.29, 1.82) is 0 Å². The van der Waals surface area contributed by atoms with Crippen LogP contribution in [0.5, 0.6) is 11.5 Å². The minimum Gasteiger partial charge on any atom is -0.497 e. The third-order valence-electron chi connectivity index (χ3n) is 4.15. The molecule has 152 valence electrons. The van der Waals surface area contributed by atoms with Gasteiger partial charge < -0.3 is 19.2 Å². The summed E-state index contributed by atoms with van der Waals surface area (Å²) in [7, 11) is 3.13. The summed E-state index contributed by atoms with van der Waals surface area (Å²) in [6, 6.07) is 10.6. The van der Waals surface area contributed by atoms with Crippen molar-refractivity contribution in [1.82, 2.24) is 10.2 Å². The third-order valence-corrected chi connectivity index (χ3v) is 5.32. The fraction of sp³-hybridized carbons (Fsp3) is 0.250. The number of rotatable bonds is 7. The standard InChI is InChI=1S/C20H20ClN3O4S/c1-11-5-6-13(21)9-16(11)22-18(25)12(2)29-20-24-23-19(28-20)15-8-7-14(26-3)10-17(15)27-4/h5-10,12H,1-4H3,(H,22,25)/t12-/m0/s1. The van der Waals surface area contributed by atoms with Crippen LogP contribution in [0.4, 0.5) is 5.69 Å². The molecule has 0 aliphatic heterocycles. The van der Waals surface area contributed by atoms with E-state index < -0.39 is 5.25 Å². The lowest BCUT2D eigenvalue weighted by Crippen LogP contribution is -2.22. The SMILES string of the molecule is COc1ccc(-c2nnc(S[C@@H](C)C(=O)Nc3cc(Cl)ccc3C)o2)c(OC)c1. The van der Waals surface area contributed by atoms with E-state index in [0.717, 1.165) is 5.56 Å². The van der Waals surface area contributed by atoms with Gasteiger partial charge in [0, 0.05) is 16.8 Å². The Morgan fingerprint density at radius 3 is 2.69 bits per heavy atom. The number of benzene rings is 2. The molecule has 3 rings (SSSR count). The lowest BCUT2D eigenvalue weighted by Gasteiger charge is -2.12. The highest BCUT2D eigenvalue weighted by Gasteiger charge is 2.21. The second kappa shape index (κ2) is 9.19. The maximum atomic E-state index is 12.5. The molecule has 0 saturated heterocycles. The number of nitrogens with zero attached hydrogens (tertiary/aromatic N) is 2. The number of methoxy groups -OCH3 is 2. The molecule has 1 atom stereocenters. The van der Waals surface area contributed by atoms with Gasteiger partial charge in [0.1, 0.15) is 11.5 Å². The molecule has 0 aliphatic carbocycles. The predicted molar refractivity (Wildman–Crippen MR) is 113 cm³/mol. The fourth-order valence-corrected chi connectivity index (χ4v) is 3.36. The summed E-state index contributed by atoms with van der Waals surface area (Å²) in [5.41, 5.74) is 2.23. The molecule has 0 saturated carbocycles. The van der Waals surface area contributed by atoms with Crippen molar-refractivity contribution >= 4 is 35.0 Å². The Kier molecular flexibility index (Phi) is 6.66. The molecule has 0 bridgehead atoms. The monoisotopic (exact) mass is 433 g/mol. The third kappa shape index (κ3) is 5.02. The number of carbonyl (C=O) groups is 1. The lowest BCUT2D eigenvalue weighted by atomic mass is 10.2. The second-order valence-corrected chi connectivity index (χ2v) is 7.88. The first-order chi connectivity index (χ1) is 13.9. The van der Waals surface area contributed by atoms with Gasteiger partial charge in [-0.3, -0.25) is 4.79 Å². The molecule has 0 unspecified atom stereocenters. The average molecular weight is 434 g/mol. The number of nitrogens with one attached hydrogen (secondary N) is 1. The number of halogens is 1. The van der Waals surface area contributed by atoms with Crippen molar-refractivity contribution in [2.75, 3.05) is 19.5 Å². The van der Waals surface area contributed by atoms with E-state index in [-0.39, 0.29) is 11.1 Å². The van der Waals surface area contributed by atoms with Crippen LogP contribution in [0.3, 0.4) is 0 Å². The highest BCUT2D eigenvalue weighted by molar-refractivity contribution is 8.00. The van der Waals surface area contributed by atoms with E-state index in [1.807, 2.05) is 13.0 Å². The predicted octanol–water partition coefficient (Wildman–Crippen LogP) is 4.83. The molecule has 1 N–H and O–H groups in total. The first-order valence-corrected chi connectivity index (χ1v) is 9.96. The number of hydrogen-bond donors (Lipinski definition) is 1. The van der Waals surface area contributed by atoms with Crippen LogP contribution in [0.2, 0.25) is 5.02 Å². The Morgan fingerprint density at radius 2 is 1.97 bits per heavy atom. The van der Waals surface area contributed by atoms with Crippen molar-refractivity contribution in [3.05, 3.63) is 47.0 Å². The number of aromatic nitrogens is 2. The summed E-state index contributed by atoms with van der Waals surface area (Å²) in [4.78, 5) is 12.5. The number of amides is 1. The van der Waals surface area contributed by atoms with Crippen molar-refractivity contribution in [3.63, 3.8) is 0 Å². The number of thioether (sulfide) groups is 1. The van der Waals surface area contributed by atoms with Crippen LogP contribution < -0.4 is 14.8 Å². The normalized spacial score (nSPS) is 11.8. The van der Waals surface area contributed by atoms with Gasteiger partial charge in [-0.25, -0.2) is 0 Å². The van der Waals surface area contributed by atoms with Gasteiger partial charge in [-0.1, -0.05) is 29.4 Å². The van der Waals surface area contributed by atoms with Crippen LogP contribution in [0.25, 0.3) is 11.5 Å². The summed E-state index contributed by atoms with van der Waals surface area (Å²) < 4.78 is 16.3. The molecule has 0 fully saturated rings. The molecule has 1 heterocycles. The van der Waals surface area contributed by atoms with E-state index in [0.29, 0.717) is 33.7 Å². The molecule has 3 aromatic rings. The number of carbonyl (C=O) groups excluding carboxylic acids is 1. The van der Waals surface area contributed by atoms with Crippen LogP contribution in [-0.4, -0.2) is 35.6 Å². The van der Waals surface area contributed by atoms with Crippen LogP contribution in [0.15, 0.2) is 46.0 Å². The Hall–Kier alpha value is -2.71. The Balaban J connectivity index is 1.71. The van der Waals surface area contributed by atoms with Crippen molar-refractivity contribution in [2.24, 2.45) is 0 Å². The summed E-state index contributed by atoms with van der Waals surface area (Å²) >= 11 is 7.17. The first-order valence-electron chi connectivity index (χ1n) is 8.71. The van der Waals surface area contributed by atoms with Crippen LogP contribution >= 0.6 is 23.4 Å². The molecule has 1 aromatic heterocycles. The molecule has 2 aromatic carbocycles. The second-order valence-electron chi connectivity index (χ2n) is 6.15. The molecule has 0 spiro atoms. The van der Waals surface area contributed by atoms with Gasteiger partial charge in [0.05, 0.1) is 25.0 Å². The zero-order chi connectivity index (χ0) is 21.0. The minimum atomic E-state index is -0.459.